The minimum atomic E-state index is -1.12. The van der Waals surface area contributed by atoms with Crippen LogP contribution in [0.25, 0.3) is 10.9 Å². The molecule has 0 aliphatic carbocycles. The zero-order valence-electron chi connectivity index (χ0n) is 7.24. The Bertz CT molecular complexity index is 559. The van der Waals surface area contributed by atoms with Crippen molar-refractivity contribution in [1.82, 2.24) is 9.97 Å². The molecule has 0 aliphatic heterocycles. The minimum absolute atomic E-state index is 0.180. The Kier molecular flexibility index (Phi) is 2.87. The number of carboxylic acids is 1. The smallest absolute Gasteiger partial charge is 0.373 e. The fourth-order valence-corrected chi connectivity index (χ4v) is 1.94. The Hall–Kier alpha value is -0.760. The molecule has 1 N–H and O–H groups in total. The van der Waals surface area contributed by atoms with E-state index in [2.05, 4.69) is 48.5 Å². The Morgan fingerprint density at radius 2 is 2.20 bits per heavy atom. The normalized spacial score (nSPS) is 10.5. The molecule has 0 radical (unpaired) electrons. The fourth-order valence-electron chi connectivity index (χ4n) is 1.13. The van der Waals surface area contributed by atoms with Crippen LogP contribution in [0.5, 0.6) is 0 Å². The molecule has 4 nitrogen and oxygen atoms in total. The second-order valence-corrected chi connectivity index (χ2v) is 4.84. The molecule has 0 aliphatic rings. The van der Waals surface area contributed by atoms with Gasteiger partial charge in [-0.2, -0.15) is 0 Å². The van der Waals surface area contributed by atoms with Crippen molar-refractivity contribution in [2.24, 2.45) is 0 Å². The van der Waals surface area contributed by atoms with Gasteiger partial charge in [0, 0.05) is 19.6 Å². The lowest BCUT2D eigenvalue weighted by atomic mass is 10.2. The van der Waals surface area contributed by atoms with Crippen molar-refractivity contribution in [3.05, 3.63) is 32.2 Å². The van der Waals surface area contributed by atoms with E-state index in [1.54, 1.807) is 0 Å². The average Bonchev–Trinajstić information content (AvgIpc) is 2.19. The summed E-state index contributed by atoms with van der Waals surface area (Å²) in [6.45, 7) is 0. The van der Waals surface area contributed by atoms with E-state index >= 15 is 0 Å². The van der Waals surface area contributed by atoms with Crippen LogP contribution in [-0.4, -0.2) is 21.0 Å². The van der Waals surface area contributed by atoms with Gasteiger partial charge in [-0.3, -0.25) is 0 Å². The van der Waals surface area contributed by atoms with E-state index in [1.807, 2.05) is 12.1 Å². The fraction of sp³-hybridized carbons (Fsp3) is 0. The van der Waals surface area contributed by atoms with E-state index < -0.39 is 5.97 Å². The van der Waals surface area contributed by atoms with Gasteiger partial charge in [-0.15, -0.1) is 0 Å². The van der Waals surface area contributed by atoms with Gasteiger partial charge in [-0.1, -0.05) is 0 Å². The van der Waals surface area contributed by atoms with Gasteiger partial charge in [0.05, 0.1) is 5.52 Å². The molecule has 1 aromatic heterocycles. The molecule has 15 heavy (non-hydrogen) atoms. The molecule has 1 aromatic carbocycles. The van der Waals surface area contributed by atoms with Gasteiger partial charge in [0.1, 0.15) is 0 Å². The van der Waals surface area contributed by atoms with E-state index in [4.69, 9.17) is 5.11 Å². The number of rotatable bonds is 1. The maximum absolute atomic E-state index is 10.7. The first-order valence-electron chi connectivity index (χ1n) is 3.93. The van der Waals surface area contributed by atoms with Gasteiger partial charge >= 0.3 is 5.97 Å². The van der Waals surface area contributed by atoms with Crippen LogP contribution < -0.4 is 0 Å². The van der Waals surface area contributed by atoms with Crippen LogP contribution in [-0.2, 0) is 0 Å². The molecule has 6 heteroatoms. The molecule has 2 aromatic rings. The van der Waals surface area contributed by atoms with Crippen molar-refractivity contribution in [2.75, 3.05) is 0 Å². The average molecular weight is 379 g/mol. The van der Waals surface area contributed by atoms with E-state index in [-0.39, 0.29) is 5.82 Å². The molecule has 0 amide bonds. The summed E-state index contributed by atoms with van der Waals surface area (Å²) < 4.78 is 1.93. The third-order valence-corrected chi connectivity index (χ3v) is 4.10. The molecule has 0 atom stereocenters. The highest BCUT2D eigenvalue weighted by molar-refractivity contribution is 14.1. The number of benzene rings is 1. The maximum Gasteiger partial charge on any atom is 0.373 e. The van der Waals surface area contributed by atoms with Crippen molar-refractivity contribution in [1.29, 1.82) is 0 Å². The lowest BCUT2D eigenvalue weighted by molar-refractivity contribution is 0.0684. The standard InChI is InChI=1S/C9H4BrIN2O2/c10-5-1-4-3-12-8(9(14)15)13-7(4)2-6(5)11/h1-3H,(H,14,15). The minimum Gasteiger partial charge on any atom is -0.475 e. The van der Waals surface area contributed by atoms with Crippen LogP contribution in [0.4, 0.5) is 0 Å². The SMILES string of the molecule is O=C(O)c1ncc2cc(Br)c(I)cc2n1. The number of fused-ring (bicyclic) bond motifs is 1. The van der Waals surface area contributed by atoms with Crippen LogP contribution >= 0.6 is 38.5 Å². The lowest BCUT2D eigenvalue weighted by Crippen LogP contribution is -2.03. The molecule has 76 valence electrons. The number of aromatic carboxylic acids is 1. The van der Waals surface area contributed by atoms with Gasteiger partial charge in [-0.05, 0) is 50.7 Å². The summed E-state index contributed by atoms with van der Waals surface area (Å²) in [4.78, 5) is 18.3. The van der Waals surface area contributed by atoms with Gasteiger partial charge < -0.3 is 5.11 Å². The molecule has 0 fully saturated rings. The van der Waals surface area contributed by atoms with E-state index in [9.17, 15) is 4.79 Å². The topological polar surface area (TPSA) is 63.1 Å². The van der Waals surface area contributed by atoms with Crippen LogP contribution in [0.15, 0.2) is 22.8 Å². The van der Waals surface area contributed by atoms with Gasteiger partial charge in [0.15, 0.2) is 0 Å². The summed E-state index contributed by atoms with van der Waals surface area (Å²) in [6, 6.07) is 3.68. The Labute approximate surface area is 107 Å². The van der Waals surface area contributed by atoms with E-state index in [1.165, 1.54) is 6.20 Å². The number of hydrogen-bond acceptors (Lipinski definition) is 3. The first-order chi connectivity index (χ1) is 7.08. The van der Waals surface area contributed by atoms with Crippen LogP contribution in [0.1, 0.15) is 10.6 Å². The van der Waals surface area contributed by atoms with E-state index in [0.717, 1.165) is 13.4 Å². The number of aromatic nitrogens is 2. The van der Waals surface area contributed by atoms with Crippen molar-refractivity contribution in [2.45, 2.75) is 0 Å². The summed E-state index contributed by atoms with van der Waals surface area (Å²) in [5, 5.41) is 9.54. The van der Waals surface area contributed by atoms with Crippen molar-refractivity contribution in [3.63, 3.8) is 0 Å². The molecule has 0 bridgehead atoms. The highest BCUT2D eigenvalue weighted by Gasteiger charge is 2.08. The highest BCUT2D eigenvalue weighted by atomic mass is 127. The summed E-state index contributed by atoms with van der Waals surface area (Å²) in [5.74, 6) is -1.30. The predicted molar refractivity (Wildman–Crippen MR) is 66.9 cm³/mol. The van der Waals surface area contributed by atoms with Crippen molar-refractivity contribution < 1.29 is 9.90 Å². The number of hydrogen-bond donors (Lipinski definition) is 1. The molecular weight excluding hydrogens is 375 g/mol. The number of halogens is 2. The second-order valence-electron chi connectivity index (χ2n) is 2.82. The molecule has 2 rings (SSSR count). The Morgan fingerprint density at radius 1 is 1.47 bits per heavy atom. The predicted octanol–water partition coefficient (Wildman–Crippen LogP) is 2.70. The Morgan fingerprint density at radius 3 is 2.87 bits per heavy atom. The van der Waals surface area contributed by atoms with Gasteiger partial charge in [-0.25, -0.2) is 14.8 Å². The second kappa shape index (κ2) is 4.01. The zero-order chi connectivity index (χ0) is 11.0. The highest BCUT2D eigenvalue weighted by Crippen LogP contribution is 2.24. The molecule has 0 saturated heterocycles. The number of carboxylic acid groups (broad SMARTS) is 1. The zero-order valence-corrected chi connectivity index (χ0v) is 11.0. The number of carbonyl (C=O) groups is 1. The summed E-state index contributed by atoms with van der Waals surface area (Å²) >= 11 is 5.53. The van der Waals surface area contributed by atoms with Crippen molar-refractivity contribution in [3.8, 4) is 0 Å². The molecular formula is C9H4BrIN2O2. The third-order valence-electron chi connectivity index (χ3n) is 1.81. The Balaban J connectivity index is 2.72. The quantitative estimate of drug-likeness (QED) is 0.775. The molecule has 0 spiro atoms. The molecule has 0 unspecified atom stereocenters. The third kappa shape index (κ3) is 2.10. The number of nitrogens with zero attached hydrogens (tertiary/aromatic N) is 2. The molecule has 0 saturated carbocycles. The maximum atomic E-state index is 10.7. The lowest BCUT2D eigenvalue weighted by Gasteiger charge is -2.01. The summed E-state index contributed by atoms with van der Waals surface area (Å²) in [6.07, 6.45) is 1.51. The largest absolute Gasteiger partial charge is 0.475 e. The first kappa shape index (κ1) is 10.7. The summed E-state index contributed by atoms with van der Waals surface area (Å²) in [7, 11) is 0. The van der Waals surface area contributed by atoms with E-state index in [0.29, 0.717) is 5.52 Å². The molecule has 1 heterocycles. The first-order valence-corrected chi connectivity index (χ1v) is 5.80. The summed E-state index contributed by atoms with van der Waals surface area (Å²) in [5.41, 5.74) is 0.634. The van der Waals surface area contributed by atoms with Crippen LogP contribution in [0.2, 0.25) is 0 Å². The monoisotopic (exact) mass is 378 g/mol. The van der Waals surface area contributed by atoms with Crippen molar-refractivity contribution >= 4 is 55.4 Å². The van der Waals surface area contributed by atoms with Gasteiger partial charge in [0.2, 0.25) is 5.82 Å². The van der Waals surface area contributed by atoms with Crippen LogP contribution in [0.3, 0.4) is 0 Å². The van der Waals surface area contributed by atoms with Crippen LogP contribution in [0, 0.1) is 3.57 Å². The van der Waals surface area contributed by atoms with Gasteiger partial charge in [0.25, 0.3) is 0 Å².